The molecule has 7 rings (SSSR count). The lowest BCUT2D eigenvalue weighted by atomic mass is 10.2. The van der Waals surface area contributed by atoms with Crippen molar-refractivity contribution in [2.24, 2.45) is 5.73 Å². The molecule has 3 saturated heterocycles. The Morgan fingerprint density at radius 2 is 1.16 bits per heavy atom. The molecule has 3 atom stereocenters. The summed E-state index contributed by atoms with van der Waals surface area (Å²) in [5, 5.41) is 39.0. The summed E-state index contributed by atoms with van der Waals surface area (Å²) in [6, 6.07) is 21.7. The number of ether oxygens (including phenoxy) is 2. The fourth-order valence-electron chi connectivity index (χ4n) is 5.75. The number of halogens is 5. The third-order valence-corrected chi connectivity index (χ3v) is 18.2. The van der Waals surface area contributed by atoms with Crippen molar-refractivity contribution in [1.29, 1.82) is 0 Å². The van der Waals surface area contributed by atoms with Crippen molar-refractivity contribution in [2.45, 2.75) is 37.3 Å². The molecule has 3 fully saturated rings. The highest BCUT2D eigenvalue weighted by Crippen LogP contribution is 2.62. The van der Waals surface area contributed by atoms with E-state index in [4.69, 9.17) is 107 Å². The Morgan fingerprint density at radius 1 is 0.747 bits per heavy atom. The third-order valence-electron chi connectivity index (χ3n) is 9.50. The number of nitrogens with two attached hydrogens (primary N) is 1. The van der Waals surface area contributed by atoms with Gasteiger partial charge in [0, 0.05) is 89.3 Å². The molecule has 0 bridgehead atoms. The number of aliphatic hydroxyl groups is 1. The van der Waals surface area contributed by atoms with Crippen molar-refractivity contribution in [3.8, 4) is 23.0 Å². The zero-order valence-electron chi connectivity index (χ0n) is 43.0. The minimum absolute atomic E-state index is 0.0700. The fourth-order valence-corrected chi connectivity index (χ4v) is 12.7. The number of benzene rings is 4. The van der Waals surface area contributed by atoms with Crippen LogP contribution in [0.4, 0.5) is 11.4 Å². The van der Waals surface area contributed by atoms with Crippen molar-refractivity contribution in [2.75, 3.05) is 80.8 Å². The molecule has 4 aromatic carbocycles. The second-order valence-electron chi connectivity index (χ2n) is 16.2. The number of nitro groups is 2. The van der Waals surface area contributed by atoms with E-state index in [9.17, 15) is 34.4 Å². The van der Waals surface area contributed by atoms with Gasteiger partial charge in [-0.1, -0.05) is 45.9 Å². The van der Waals surface area contributed by atoms with E-state index in [-0.39, 0.29) is 47.2 Å². The van der Waals surface area contributed by atoms with Gasteiger partial charge in [-0.25, -0.2) is 10.2 Å². The van der Waals surface area contributed by atoms with Gasteiger partial charge < -0.3 is 48.6 Å². The molecule has 79 heavy (non-hydrogen) atoms. The van der Waals surface area contributed by atoms with Crippen LogP contribution in [-0.2, 0) is 65.2 Å². The summed E-state index contributed by atoms with van der Waals surface area (Å²) in [5.41, 5.74) is 7.07. The normalized spacial score (nSPS) is 19.3. The lowest BCUT2D eigenvalue weighted by Crippen LogP contribution is -2.21. The summed E-state index contributed by atoms with van der Waals surface area (Å²) >= 11 is 41.2. The first-order chi connectivity index (χ1) is 37.0. The molecule has 4 aromatic rings. The number of carbonyl (C=O) groups is 2. The summed E-state index contributed by atoms with van der Waals surface area (Å²) in [6.07, 6.45) is 3.49. The van der Waals surface area contributed by atoms with Gasteiger partial charge in [-0.3, -0.25) is 39.5 Å². The molecular formula is C44H61Cl5N8O14P4S4. The molecule has 3 aliphatic heterocycles. The predicted molar refractivity (Wildman–Crippen MR) is 329 cm³/mol. The Morgan fingerprint density at radius 3 is 1.46 bits per heavy atom. The van der Waals surface area contributed by atoms with Crippen molar-refractivity contribution in [3.05, 3.63) is 127 Å². The van der Waals surface area contributed by atoms with Gasteiger partial charge in [-0.05, 0) is 162 Å². The number of alkyl halides is 1. The van der Waals surface area contributed by atoms with Crippen LogP contribution < -0.4 is 30.5 Å². The van der Waals surface area contributed by atoms with Crippen LogP contribution in [0.3, 0.4) is 0 Å². The van der Waals surface area contributed by atoms with Gasteiger partial charge in [-0.2, -0.15) is 0 Å². The largest absolute Gasteiger partial charge is 0.450 e. The highest BCUT2D eigenvalue weighted by atomic mass is 36.1. The molecule has 3 unspecified atom stereocenters. The van der Waals surface area contributed by atoms with E-state index in [2.05, 4.69) is 38.9 Å². The zero-order chi connectivity index (χ0) is 59.4. The predicted octanol–water partition coefficient (Wildman–Crippen LogP) is 12.2. The quantitative estimate of drug-likeness (QED) is 0.0296. The number of hydrogen-bond donors (Lipinski definition) is 6. The Bertz CT molecular complexity index is 2730. The van der Waals surface area contributed by atoms with E-state index < -0.39 is 33.1 Å². The number of aliphatic hydroxyl groups excluding tert-OH is 1. The Kier molecular flexibility index (Phi) is 34.4. The molecule has 0 radical (unpaired) electrons. The molecule has 2 amide bonds. The number of rotatable bonds is 14. The van der Waals surface area contributed by atoms with Crippen LogP contribution in [0.5, 0.6) is 23.0 Å². The van der Waals surface area contributed by atoms with E-state index in [0.717, 1.165) is 50.2 Å². The minimum atomic E-state index is -2.96. The smallest absolute Gasteiger partial charge is 0.326 e. The average molecular weight is 1360 g/mol. The Labute approximate surface area is 502 Å². The molecule has 35 heteroatoms. The summed E-state index contributed by atoms with van der Waals surface area (Å²) in [7, 11) is 6.63. The molecule has 3 heterocycles. The van der Waals surface area contributed by atoms with Crippen molar-refractivity contribution >= 4 is 150 Å². The average Bonchev–Trinajstić information content (AvgIpc) is 3.39. The first-order valence-electron chi connectivity index (χ1n) is 23.2. The summed E-state index contributed by atoms with van der Waals surface area (Å²) in [6.45, 7) is -0.573. The molecule has 0 aliphatic carbocycles. The number of nitro benzene ring substituents is 2. The van der Waals surface area contributed by atoms with Crippen LogP contribution >= 0.6 is 91.2 Å². The maximum Gasteiger partial charge on any atom is 0.326 e. The van der Waals surface area contributed by atoms with Crippen LogP contribution in [0.1, 0.15) is 57.5 Å². The van der Waals surface area contributed by atoms with Gasteiger partial charge in [-0.15, -0.1) is 11.6 Å². The third kappa shape index (κ3) is 30.8. The maximum atomic E-state index is 12.6. The topological polar surface area (TPSA) is 293 Å². The van der Waals surface area contributed by atoms with E-state index in [1.54, 1.807) is 94.9 Å². The molecule has 0 saturated carbocycles. The van der Waals surface area contributed by atoms with Crippen molar-refractivity contribution in [1.82, 2.24) is 25.1 Å². The van der Waals surface area contributed by atoms with Crippen molar-refractivity contribution in [3.63, 3.8) is 0 Å². The van der Waals surface area contributed by atoms with Gasteiger partial charge in [0.25, 0.3) is 18.5 Å². The fraction of sp³-hybridized carbons (Fsp3) is 0.409. The van der Waals surface area contributed by atoms with E-state index in [0.29, 0.717) is 72.4 Å². The molecular weight excluding hydrogens is 1290 g/mol. The second-order valence-corrected chi connectivity index (χ2v) is 39.4. The number of amides is 2. The first kappa shape index (κ1) is 72.9. The van der Waals surface area contributed by atoms with Gasteiger partial charge in [0.2, 0.25) is 21.4 Å². The Hall–Kier alpha value is -2.16. The minimum Gasteiger partial charge on any atom is -0.450 e. The molecule has 0 aromatic heterocycles. The lowest BCUT2D eigenvalue weighted by Gasteiger charge is -2.23. The van der Waals surface area contributed by atoms with E-state index in [1.807, 2.05) is 0 Å². The molecule has 7 N–H and O–H groups in total. The van der Waals surface area contributed by atoms with Crippen LogP contribution in [0.2, 0.25) is 0 Å². The monoisotopic (exact) mass is 1350 g/mol. The second kappa shape index (κ2) is 37.2. The van der Waals surface area contributed by atoms with Crippen molar-refractivity contribution < 1.29 is 57.0 Å². The number of nitrogens with zero attached hydrogens (tertiary/aromatic N) is 4. The number of carbonyl (C=O) groups excluding carboxylic acids is 2. The Balaban J connectivity index is 0.000000377. The van der Waals surface area contributed by atoms with E-state index in [1.165, 1.54) is 28.0 Å². The van der Waals surface area contributed by atoms with E-state index >= 15 is 0 Å². The summed E-state index contributed by atoms with van der Waals surface area (Å²) < 4.78 is 36.7. The molecule has 440 valence electrons. The van der Waals surface area contributed by atoms with Crippen LogP contribution in [-0.4, -0.2) is 122 Å². The SMILES string of the molecule is CN(C)C(=O)c1ccc(Oc2cc(CCl)ccc2[N+](=O)[O-])cc1.CN(C)C(=O)c1ccc(Oc2cc(CSP3(=O)NCCCO3)ccc2[N+](=O)[O-])cc1.NCCCO.OP1(=S)NCCCO1.S=P(Cl)(Cl)Cl.S=P1(Cl)NCCCO1. The van der Waals surface area contributed by atoms with Gasteiger partial charge in [0.15, 0.2) is 0 Å². The summed E-state index contributed by atoms with van der Waals surface area (Å²) in [4.78, 5) is 57.1. The highest BCUT2D eigenvalue weighted by molar-refractivity contribution is 8.55. The molecule has 22 nitrogen and oxygen atoms in total. The van der Waals surface area contributed by atoms with Crippen LogP contribution in [0.15, 0.2) is 84.9 Å². The molecule has 0 spiro atoms. The van der Waals surface area contributed by atoms with Gasteiger partial charge in [0.05, 0.1) is 29.7 Å². The van der Waals surface area contributed by atoms with Crippen LogP contribution in [0.25, 0.3) is 0 Å². The van der Waals surface area contributed by atoms with Gasteiger partial charge >= 0.3 is 18.1 Å². The zero-order valence-corrected chi connectivity index (χ0v) is 53.6. The summed E-state index contributed by atoms with van der Waals surface area (Å²) in [5.74, 6) is -0.804. The number of hydrogen-bond acceptors (Lipinski definition) is 18. The lowest BCUT2D eigenvalue weighted by molar-refractivity contribution is -0.385. The molecule has 3 aliphatic rings. The van der Waals surface area contributed by atoms with Gasteiger partial charge in [0.1, 0.15) is 11.5 Å². The first-order valence-corrected chi connectivity index (χ1v) is 38.7. The highest BCUT2D eigenvalue weighted by Gasteiger charge is 2.27. The standard InChI is InChI=1S/C19H22N3O6PS.C16H15ClN2O4.C3H7ClNOPS.C3H8NO2PS.C3H9NO.Cl3PS/c1-21(2)19(23)15-5-7-16(8-6-15)28-18-12-14(4-9-17(18)22(24)25)13-30-29(26)20-10-3-11-27-29;1-18(2)16(20)12-4-6-13(7-5-12)23-15-9-11(10-17)3-8-14(15)19(21)22;4-7(8)5-2-1-3-6-7;5-7(8)4-2-1-3-6-7;4-2-1-3-5;1-4(2,3)5/h4-9,12H,3,10-11,13H2,1-2H3,(H,20,26);3-9H,10H2,1-2H3;1-3H2,(H,5,8);1-3H2,(H2,4,5,8);5H,1-4H2;. The van der Waals surface area contributed by atoms with Crippen LogP contribution in [0, 0.1) is 20.2 Å². The number of nitrogens with one attached hydrogen (secondary N) is 3. The maximum absolute atomic E-state index is 12.6.